The Labute approximate surface area is 439 Å². The number of carbonyl (C=O) groups is 10. The van der Waals surface area contributed by atoms with E-state index < -0.39 is 170 Å². The molecule has 76 heavy (non-hydrogen) atoms. The van der Waals surface area contributed by atoms with E-state index in [1.165, 1.54) is 41.5 Å². The number of nitrogens with two attached hydrogens (primary N) is 2. The van der Waals surface area contributed by atoms with Crippen molar-refractivity contribution in [1.82, 2.24) is 31.9 Å². The molecule has 30 nitrogen and oxygen atoms in total. The summed E-state index contributed by atoms with van der Waals surface area (Å²) in [5.74, 6) is -7.01. The van der Waals surface area contributed by atoms with Crippen LogP contribution in [0.15, 0.2) is 0 Å². The molecule has 30 heteroatoms. The van der Waals surface area contributed by atoms with Crippen molar-refractivity contribution >= 4 is 59.2 Å². The average Bonchev–Trinajstić information content (AvgIpc) is 3.35. The number of primary amides is 2. The molecule has 2 unspecified atom stereocenters. The van der Waals surface area contributed by atoms with Crippen LogP contribution in [-0.2, 0) is 76.4 Å². The minimum absolute atomic E-state index is 0.0905. The van der Waals surface area contributed by atoms with E-state index in [0.29, 0.717) is 12.8 Å². The number of rotatable bonds is 30. The molecule has 0 bridgehead atoms. The van der Waals surface area contributed by atoms with Crippen LogP contribution in [0.25, 0.3) is 0 Å². The van der Waals surface area contributed by atoms with Crippen molar-refractivity contribution in [2.75, 3.05) is 26.4 Å². The van der Waals surface area contributed by atoms with E-state index in [0.717, 1.165) is 12.8 Å². The Kier molecular flexibility index (Phi) is 31.3. The van der Waals surface area contributed by atoms with Gasteiger partial charge in [0.05, 0.1) is 26.4 Å². The van der Waals surface area contributed by atoms with Gasteiger partial charge in [0.2, 0.25) is 47.3 Å². The van der Waals surface area contributed by atoms with Crippen LogP contribution in [0.2, 0.25) is 0 Å². The molecule has 0 radical (unpaired) electrons. The zero-order valence-corrected chi connectivity index (χ0v) is 44.1. The molecule has 2 fully saturated rings. The summed E-state index contributed by atoms with van der Waals surface area (Å²) in [7, 11) is 0. The molecule has 2 aliphatic heterocycles. The number of aliphatic hydroxyl groups excluding tert-OH is 6. The lowest BCUT2D eigenvalue weighted by atomic mass is 9.96. The SMILES string of the molecule is CCCCOC(=O)[C@@H](CCC(N)=O)NC(=O)[C@H](C)NC(=O)[C@@H](C)O[C@H]1[C@H](O)[C@@H](CO)OC(O)[C@@H]1NC(C)=O.CCCCOC(=O)[C@@H](CCC(N)=O)NC(=O)[C@H](C)NC(=O)[C@@H](C)O[C@H]1[C@H](O)[C@@H](CO)OC(O)[C@@H]1NC(C)=O. The Morgan fingerprint density at radius 2 is 0.868 bits per heavy atom. The van der Waals surface area contributed by atoms with Crippen LogP contribution in [-0.4, -0.2) is 214 Å². The van der Waals surface area contributed by atoms with Crippen molar-refractivity contribution in [2.45, 2.75) is 204 Å². The van der Waals surface area contributed by atoms with Gasteiger partial charge in [-0.15, -0.1) is 0 Å². The first-order valence-electron chi connectivity index (χ1n) is 24.8. The summed E-state index contributed by atoms with van der Waals surface area (Å²) in [4.78, 5) is 121. The second kappa shape index (κ2) is 34.9. The maximum atomic E-state index is 12.7. The second-order valence-electron chi connectivity index (χ2n) is 18.0. The van der Waals surface area contributed by atoms with E-state index in [-0.39, 0.29) is 38.9 Å². The zero-order valence-electron chi connectivity index (χ0n) is 44.1. The number of hydrogen-bond acceptors (Lipinski definition) is 22. The molecule has 0 spiro atoms. The highest BCUT2D eigenvalue weighted by atomic mass is 16.6. The molecule has 436 valence electrons. The van der Waals surface area contributed by atoms with Crippen molar-refractivity contribution < 1.29 is 107 Å². The zero-order chi connectivity index (χ0) is 58.0. The van der Waals surface area contributed by atoms with Crippen molar-refractivity contribution in [3.63, 3.8) is 0 Å². The first-order chi connectivity index (χ1) is 35.6. The standard InChI is InChI=1S/2C23H40N4O11/c2*1-5-6-9-36-22(34)14(7-8-16(24)30)27-20(32)11(2)25-21(33)12(3)37-19-17(26-13(4)29)23(35)38-15(10-28)18(19)31/h2*11-12,14-15,17-19,23,28,31,35H,5-10H2,1-4H3,(H2,24,30)(H,25,33)(H,26,29)(H,27,32)/t2*11-,12+,14+,15+,17+,18+,19+,23?/m00/s1. The highest BCUT2D eigenvalue weighted by Gasteiger charge is 2.48. The Balaban J connectivity index is 0.000000760. The van der Waals surface area contributed by atoms with Crippen LogP contribution in [0.3, 0.4) is 0 Å². The summed E-state index contributed by atoms with van der Waals surface area (Å²) in [6.07, 6.45) is -11.8. The van der Waals surface area contributed by atoms with Gasteiger partial charge < -0.3 is 102 Å². The van der Waals surface area contributed by atoms with Crippen LogP contribution in [0.4, 0.5) is 0 Å². The van der Waals surface area contributed by atoms with Gasteiger partial charge in [0.15, 0.2) is 12.6 Å². The molecule has 2 aliphatic rings. The predicted octanol–water partition coefficient (Wildman–Crippen LogP) is -6.13. The molecule has 0 aromatic carbocycles. The first kappa shape index (κ1) is 68.3. The van der Waals surface area contributed by atoms with Gasteiger partial charge in [0.1, 0.15) is 85.1 Å². The Hall–Kier alpha value is -5.70. The van der Waals surface area contributed by atoms with E-state index >= 15 is 0 Å². The molecular weight excluding hydrogens is 1020 g/mol. The fourth-order valence-corrected chi connectivity index (χ4v) is 7.16. The third-order valence-electron chi connectivity index (χ3n) is 11.5. The summed E-state index contributed by atoms with van der Waals surface area (Å²) < 4.78 is 31.7. The van der Waals surface area contributed by atoms with Gasteiger partial charge in [-0.1, -0.05) is 26.7 Å². The van der Waals surface area contributed by atoms with Crippen LogP contribution in [0.1, 0.15) is 107 Å². The lowest BCUT2D eigenvalue weighted by molar-refractivity contribution is -0.266. The normalized spacial score (nSPS) is 25.4. The summed E-state index contributed by atoms with van der Waals surface area (Å²) >= 11 is 0. The van der Waals surface area contributed by atoms with Crippen LogP contribution in [0, 0.1) is 0 Å². The van der Waals surface area contributed by atoms with Gasteiger partial charge in [-0.3, -0.25) is 38.4 Å². The number of esters is 2. The van der Waals surface area contributed by atoms with E-state index in [1.54, 1.807) is 0 Å². The lowest BCUT2D eigenvalue weighted by Gasteiger charge is -2.43. The van der Waals surface area contributed by atoms with E-state index in [1.807, 2.05) is 13.8 Å². The van der Waals surface area contributed by atoms with Crippen LogP contribution in [0.5, 0.6) is 0 Å². The summed E-state index contributed by atoms with van der Waals surface area (Å²) in [6.45, 7) is 10.4. The Morgan fingerprint density at radius 3 is 1.14 bits per heavy atom. The molecule has 0 aromatic heterocycles. The van der Waals surface area contributed by atoms with Gasteiger partial charge in [0.25, 0.3) is 0 Å². The number of nitrogens with one attached hydrogen (secondary N) is 6. The quantitative estimate of drug-likeness (QED) is 0.0235. The number of ether oxygens (including phenoxy) is 6. The number of unbranched alkanes of at least 4 members (excludes halogenated alkanes) is 2. The predicted molar refractivity (Wildman–Crippen MR) is 259 cm³/mol. The fourth-order valence-electron chi connectivity index (χ4n) is 7.16. The van der Waals surface area contributed by atoms with Gasteiger partial charge >= 0.3 is 11.9 Å². The molecule has 16 N–H and O–H groups in total. The van der Waals surface area contributed by atoms with Crippen molar-refractivity contribution in [2.24, 2.45) is 11.5 Å². The molecule has 0 saturated carbocycles. The largest absolute Gasteiger partial charge is 0.464 e. The molecule has 0 aromatic rings. The summed E-state index contributed by atoms with van der Waals surface area (Å²) in [6, 6.07) is -7.15. The summed E-state index contributed by atoms with van der Waals surface area (Å²) in [5.41, 5.74) is 10.3. The first-order valence-corrected chi connectivity index (χ1v) is 24.8. The van der Waals surface area contributed by atoms with Crippen LogP contribution >= 0.6 is 0 Å². The minimum Gasteiger partial charge on any atom is -0.464 e. The van der Waals surface area contributed by atoms with Crippen molar-refractivity contribution in [1.29, 1.82) is 0 Å². The molecule has 8 amide bonds. The maximum Gasteiger partial charge on any atom is 0.328 e. The monoisotopic (exact) mass is 1100 g/mol. The second-order valence-corrected chi connectivity index (χ2v) is 18.0. The highest BCUT2D eigenvalue weighted by molar-refractivity contribution is 5.92. The minimum atomic E-state index is -1.64. The van der Waals surface area contributed by atoms with Gasteiger partial charge in [-0.2, -0.15) is 0 Å². The number of carbonyl (C=O) groups excluding carboxylic acids is 10. The maximum absolute atomic E-state index is 12.7. The molecule has 0 aliphatic carbocycles. The van der Waals surface area contributed by atoms with Gasteiger partial charge in [0, 0.05) is 26.7 Å². The van der Waals surface area contributed by atoms with Gasteiger partial charge in [-0.25, -0.2) is 9.59 Å². The van der Waals surface area contributed by atoms with E-state index in [4.69, 9.17) is 39.9 Å². The Morgan fingerprint density at radius 1 is 0.539 bits per heavy atom. The third kappa shape index (κ3) is 23.7. The van der Waals surface area contributed by atoms with E-state index in [9.17, 15) is 78.6 Å². The topological polar surface area (TPSA) is 472 Å². The Bertz CT molecular complexity index is 1790. The third-order valence-corrected chi connectivity index (χ3v) is 11.5. The smallest absolute Gasteiger partial charge is 0.328 e. The fraction of sp³-hybridized carbons (Fsp3) is 0.783. The van der Waals surface area contributed by atoms with Crippen molar-refractivity contribution in [3.8, 4) is 0 Å². The average molecular weight is 1100 g/mol. The molecule has 2 heterocycles. The van der Waals surface area contributed by atoms with Crippen LogP contribution < -0.4 is 43.4 Å². The number of hydrogen-bond donors (Lipinski definition) is 14. The molecule has 2 rings (SSSR count). The molecule has 2 saturated heterocycles. The number of aliphatic hydroxyl groups is 6. The number of amides is 8. The van der Waals surface area contributed by atoms with Gasteiger partial charge in [-0.05, 0) is 53.4 Å². The summed E-state index contributed by atoms with van der Waals surface area (Å²) in [5, 5.41) is 74.6. The van der Waals surface area contributed by atoms with E-state index in [2.05, 4.69) is 31.9 Å². The highest BCUT2D eigenvalue weighted by Crippen LogP contribution is 2.25. The lowest BCUT2D eigenvalue weighted by Crippen LogP contribution is -2.65. The molecular formula is C46H80N8O22. The molecule has 16 atom stereocenters. The van der Waals surface area contributed by atoms with Crippen molar-refractivity contribution in [3.05, 3.63) is 0 Å².